The van der Waals surface area contributed by atoms with Crippen molar-refractivity contribution < 1.29 is 19.4 Å². The van der Waals surface area contributed by atoms with E-state index < -0.39 is 6.10 Å². The summed E-state index contributed by atoms with van der Waals surface area (Å²) < 4.78 is 10.7. The van der Waals surface area contributed by atoms with Crippen molar-refractivity contribution in [3.05, 3.63) is 17.7 Å². The SMILES string of the molecule is CSC1=Nc2cc3c(cc2C(=O)N2C[C@H](O)C[C@@H]12)OCO3. The number of aliphatic imine (C=N–C) groups is 1. The van der Waals surface area contributed by atoms with Gasteiger partial charge in [0, 0.05) is 19.0 Å². The standard InChI is InChI=1S/C14H14N2O4S/c1-21-13-10-2-7(17)5-16(10)14(18)8-3-11-12(20-6-19-11)4-9(8)15-13/h3-4,7,10,17H,2,5-6H2,1H3/t7-,10+/m1/s1. The van der Waals surface area contributed by atoms with Gasteiger partial charge in [-0.25, -0.2) is 4.99 Å². The summed E-state index contributed by atoms with van der Waals surface area (Å²) in [5, 5.41) is 10.7. The Balaban J connectivity index is 1.87. The molecule has 1 saturated heterocycles. The van der Waals surface area contributed by atoms with Gasteiger partial charge in [-0.15, -0.1) is 11.8 Å². The van der Waals surface area contributed by atoms with Crippen molar-refractivity contribution in [2.45, 2.75) is 18.6 Å². The fourth-order valence-corrected chi connectivity index (χ4v) is 3.68. The number of ether oxygens (including phenoxy) is 2. The highest BCUT2D eigenvalue weighted by Gasteiger charge is 2.40. The molecular formula is C14H14N2O4S. The van der Waals surface area contributed by atoms with Gasteiger partial charge in [0.2, 0.25) is 6.79 Å². The van der Waals surface area contributed by atoms with Gasteiger partial charge >= 0.3 is 0 Å². The summed E-state index contributed by atoms with van der Waals surface area (Å²) in [4.78, 5) is 19.1. The molecular weight excluding hydrogens is 292 g/mol. The maximum atomic E-state index is 12.8. The number of amides is 1. The minimum atomic E-state index is -0.494. The van der Waals surface area contributed by atoms with Gasteiger partial charge in [-0.05, 0) is 12.3 Å². The Bertz CT molecular complexity index is 661. The van der Waals surface area contributed by atoms with Crippen LogP contribution in [-0.4, -0.2) is 52.7 Å². The highest BCUT2D eigenvalue weighted by atomic mass is 32.2. The summed E-state index contributed by atoms with van der Waals surface area (Å²) in [5.74, 6) is 1.08. The van der Waals surface area contributed by atoms with Crippen molar-refractivity contribution in [3.63, 3.8) is 0 Å². The number of carbonyl (C=O) groups excluding carboxylic acids is 1. The molecule has 0 radical (unpaired) electrons. The molecule has 4 rings (SSSR count). The molecule has 0 unspecified atom stereocenters. The van der Waals surface area contributed by atoms with E-state index in [1.54, 1.807) is 17.0 Å². The number of carbonyl (C=O) groups is 1. The Morgan fingerprint density at radius 1 is 1.38 bits per heavy atom. The maximum absolute atomic E-state index is 12.8. The molecule has 0 spiro atoms. The number of nitrogens with zero attached hydrogens (tertiary/aromatic N) is 2. The predicted octanol–water partition coefficient (Wildman–Crippen LogP) is 1.40. The number of benzene rings is 1. The molecule has 2 atom stereocenters. The second-order valence-corrected chi connectivity index (χ2v) is 6.07. The van der Waals surface area contributed by atoms with Gasteiger partial charge in [0.15, 0.2) is 11.5 Å². The minimum Gasteiger partial charge on any atom is -0.454 e. The smallest absolute Gasteiger partial charge is 0.256 e. The van der Waals surface area contributed by atoms with Gasteiger partial charge in [0.25, 0.3) is 5.91 Å². The van der Waals surface area contributed by atoms with Crippen molar-refractivity contribution in [1.29, 1.82) is 0 Å². The van der Waals surface area contributed by atoms with Crippen molar-refractivity contribution in [2.75, 3.05) is 19.6 Å². The fourth-order valence-electron chi connectivity index (χ4n) is 3.00. The molecule has 1 amide bonds. The van der Waals surface area contributed by atoms with E-state index in [9.17, 15) is 9.90 Å². The van der Waals surface area contributed by atoms with Crippen LogP contribution < -0.4 is 9.47 Å². The van der Waals surface area contributed by atoms with Gasteiger partial charge in [0.05, 0.1) is 28.4 Å². The average Bonchev–Trinajstić information content (AvgIpc) is 3.06. The van der Waals surface area contributed by atoms with E-state index in [1.807, 2.05) is 6.26 Å². The number of hydrogen-bond donors (Lipinski definition) is 1. The van der Waals surface area contributed by atoms with Gasteiger partial charge in [-0.3, -0.25) is 4.79 Å². The first kappa shape index (κ1) is 13.0. The first-order valence-corrected chi connectivity index (χ1v) is 7.95. The molecule has 0 aliphatic carbocycles. The highest BCUT2D eigenvalue weighted by molar-refractivity contribution is 8.13. The summed E-state index contributed by atoms with van der Waals surface area (Å²) >= 11 is 1.51. The largest absolute Gasteiger partial charge is 0.454 e. The van der Waals surface area contributed by atoms with E-state index in [0.29, 0.717) is 35.7 Å². The molecule has 1 aromatic carbocycles. The Morgan fingerprint density at radius 2 is 2.14 bits per heavy atom. The number of aliphatic hydroxyl groups excluding tert-OH is 1. The number of hydrogen-bond acceptors (Lipinski definition) is 6. The average molecular weight is 306 g/mol. The van der Waals surface area contributed by atoms with Crippen LogP contribution >= 0.6 is 11.8 Å². The molecule has 0 bridgehead atoms. The Labute approximate surface area is 125 Å². The molecule has 1 aromatic rings. The van der Waals surface area contributed by atoms with Crippen LogP contribution in [0.5, 0.6) is 11.5 Å². The number of aliphatic hydroxyl groups is 1. The van der Waals surface area contributed by atoms with Crippen LogP contribution in [0, 0.1) is 0 Å². The lowest BCUT2D eigenvalue weighted by atomic mass is 10.1. The molecule has 1 N–H and O–H groups in total. The zero-order valence-corrected chi connectivity index (χ0v) is 12.2. The zero-order chi connectivity index (χ0) is 14.6. The summed E-state index contributed by atoms with van der Waals surface area (Å²) in [5.41, 5.74) is 1.11. The third-order valence-electron chi connectivity index (χ3n) is 3.99. The van der Waals surface area contributed by atoms with E-state index in [0.717, 1.165) is 5.04 Å². The van der Waals surface area contributed by atoms with Crippen molar-refractivity contribution in [1.82, 2.24) is 4.90 Å². The summed E-state index contributed by atoms with van der Waals surface area (Å²) in [6.45, 7) is 0.507. The monoisotopic (exact) mass is 306 g/mol. The second-order valence-electron chi connectivity index (χ2n) is 5.24. The fraction of sp³-hybridized carbons (Fsp3) is 0.429. The van der Waals surface area contributed by atoms with E-state index in [2.05, 4.69) is 4.99 Å². The molecule has 3 heterocycles. The number of thioether (sulfide) groups is 1. The van der Waals surface area contributed by atoms with E-state index >= 15 is 0 Å². The molecule has 21 heavy (non-hydrogen) atoms. The number of rotatable bonds is 0. The van der Waals surface area contributed by atoms with Gasteiger partial charge in [-0.2, -0.15) is 0 Å². The highest BCUT2D eigenvalue weighted by Crippen LogP contribution is 2.41. The molecule has 1 fully saturated rings. The van der Waals surface area contributed by atoms with Crippen LogP contribution in [0.15, 0.2) is 17.1 Å². The molecule has 0 aromatic heterocycles. The maximum Gasteiger partial charge on any atom is 0.256 e. The topological polar surface area (TPSA) is 71.4 Å². The van der Waals surface area contributed by atoms with Crippen LogP contribution in [0.2, 0.25) is 0 Å². The van der Waals surface area contributed by atoms with Crippen LogP contribution in [-0.2, 0) is 0 Å². The lowest BCUT2D eigenvalue weighted by Gasteiger charge is -2.22. The van der Waals surface area contributed by atoms with E-state index in [1.165, 1.54) is 11.8 Å². The third-order valence-corrected chi connectivity index (χ3v) is 4.77. The normalized spacial score (nSPS) is 26.3. The first-order chi connectivity index (χ1) is 10.2. The minimum absolute atomic E-state index is 0.113. The van der Waals surface area contributed by atoms with Crippen LogP contribution in [0.25, 0.3) is 0 Å². The van der Waals surface area contributed by atoms with E-state index in [4.69, 9.17) is 9.47 Å². The van der Waals surface area contributed by atoms with Crippen molar-refractivity contribution >= 4 is 28.4 Å². The zero-order valence-electron chi connectivity index (χ0n) is 11.4. The molecule has 3 aliphatic heterocycles. The van der Waals surface area contributed by atoms with Crippen LogP contribution in [0.4, 0.5) is 5.69 Å². The molecule has 0 saturated carbocycles. The van der Waals surface area contributed by atoms with Gasteiger partial charge in [-0.1, -0.05) is 0 Å². The molecule has 110 valence electrons. The van der Waals surface area contributed by atoms with Crippen LogP contribution in [0.1, 0.15) is 16.8 Å². The van der Waals surface area contributed by atoms with E-state index in [-0.39, 0.29) is 18.7 Å². The molecule has 3 aliphatic rings. The number of fused-ring (bicyclic) bond motifs is 3. The van der Waals surface area contributed by atoms with Crippen LogP contribution in [0.3, 0.4) is 0 Å². The lowest BCUT2D eigenvalue weighted by molar-refractivity contribution is 0.0749. The summed E-state index contributed by atoms with van der Waals surface area (Å²) in [7, 11) is 0. The molecule has 7 heteroatoms. The van der Waals surface area contributed by atoms with Crippen molar-refractivity contribution in [2.24, 2.45) is 4.99 Å². The quantitative estimate of drug-likeness (QED) is 0.784. The summed E-state index contributed by atoms with van der Waals surface area (Å²) in [6, 6.07) is 3.30. The first-order valence-electron chi connectivity index (χ1n) is 6.72. The second kappa shape index (κ2) is 4.64. The molecule has 6 nitrogen and oxygen atoms in total. The van der Waals surface area contributed by atoms with Gasteiger partial charge in [0.1, 0.15) is 0 Å². The van der Waals surface area contributed by atoms with Gasteiger partial charge < -0.3 is 19.5 Å². The van der Waals surface area contributed by atoms with Crippen molar-refractivity contribution in [3.8, 4) is 11.5 Å². The Kier molecular flexibility index (Phi) is 2.87. The third kappa shape index (κ3) is 1.91. The Morgan fingerprint density at radius 3 is 2.90 bits per heavy atom. The summed E-state index contributed by atoms with van der Waals surface area (Å²) in [6.07, 6.45) is 1.97. The Hall–Kier alpha value is -1.73. The lowest BCUT2D eigenvalue weighted by Crippen LogP contribution is -2.38. The predicted molar refractivity (Wildman–Crippen MR) is 78.6 cm³/mol.